The van der Waals surface area contributed by atoms with E-state index in [1.54, 1.807) is 0 Å². The van der Waals surface area contributed by atoms with Crippen LogP contribution >= 0.6 is 0 Å². The summed E-state index contributed by atoms with van der Waals surface area (Å²) < 4.78 is 4.44. The van der Waals surface area contributed by atoms with Gasteiger partial charge < -0.3 is 25.2 Å². The largest absolute Gasteiger partial charge is 0.507 e. The average molecular weight is 270 g/mol. The maximum atomic E-state index is 11.3. The van der Waals surface area contributed by atoms with Gasteiger partial charge in [-0.15, -0.1) is 0 Å². The van der Waals surface area contributed by atoms with Crippen LogP contribution < -0.4 is 0 Å². The Labute approximate surface area is 108 Å². The van der Waals surface area contributed by atoms with Crippen LogP contribution in [0.2, 0.25) is 0 Å². The van der Waals surface area contributed by atoms with Gasteiger partial charge in [-0.05, 0) is 17.7 Å². The van der Waals surface area contributed by atoms with Crippen molar-refractivity contribution in [2.75, 3.05) is 7.11 Å². The summed E-state index contributed by atoms with van der Waals surface area (Å²) in [6.45, 7) is 0. The highest BCUT2D eigenvalue weighted by Crippen LogP contribution is 2.25. The predicted molar refractivity (Wildman–Crippen MR) is 62.7 cm³/mol. The number of carbonyl (C=O) groups is 2. The fourth-order valence-electron chi connectivity index (χ4n) is 1.52. The lowest BCUT2D eigenvalue weighted by Gasteiger charge is -2.17. The molecule has 1 rings (SSSR count). The van der Waals surface area contributed by atoms with E-state index in [2.05, 4.69) is 4.74 Å². The van der Waals surface area contributed by atoms with Gasteiger partial charge in [0.1, 0.15) is 17.4 Å². The number of aliphatic hydroxyl groups is 2. The number of ether oxygens (including phenoxy) is 1. The molecule has 0 bridgehead atoms. The molecule has 7 heteroatoms. The highest BCUT2D eigenvalue weighted by atomic mass is 16.5. The SMILES string of the molecule is COC(=O)c1cc(C(O)C(O)CC(=O)O)ccc1O. The number of carbonyl (C=O) groups excluding carboxylic acids is 1. The number of benzene rings is 1. The molecule has 0 aliphatic rings. The topological polar surface area (TPSA) is 124 Å². The van der Waals surface area contributed by atoms with Crippen LogP contribution in [0.3, 0.4) is 0 Å². The lowest BCUT2D eigenvalue weighted by Crippen LogP contribution is -2.22. The molecule has 104 valence electrons. The first-order valence-electron chi connectivity index (χ1n) is 5.36. The minimum absolute atomic E-state index is 0.104. The number of esters is 1. The molecule has 0 amide bonds. The molecule has 0 spiro atoms. The summed E-state index contributed by atoms with van der Waals surface area (Å²) in [4.78, 5) is 21.8. The number of carboxylic acid groups (broad SMARTS) is 1. The second-order valence-corrected chi connectivity index (χ2v) is 3.88. The Bertz CT molecular complexity index is 483. The molecular weight excluding hydrogens is 256 g/mol. The zero-order chi connectivity index (χ0) is 14.6. The third kappa shape index (κ3) is 3.67. The van der Waals surface area contributed by atoms with Crippen LogP contribution in [0.15, 0.2) is 18.2 Å². The van der Waals surface area contributed by atoms with E-state index in [1.807, 2.05) is 0 Å². The summed E-state index contributed by atoms with van der Waals surface area (Å²) in [5.74, 6) is -2.41. The fourth-order valence-corrected chi connectivity index (χ4v) is 1.52. The molecule has 0 heterocycles. The number of aromatic hydroxyl groups is 1. The maximum Gasteiger partial charge on any atom is 0.341 e. The second-order valence-electron chi connectivity index (χ2n) is 3.88. The molecule has 0 saturated carbocycles. The quantitative estimate of drug-likeness (QED) is 0.557. The normalized spacial score (nSPS) is 13.6. The van der Waals surface area contributed by atoms with Crippen molar-refractivity contribution < 1.29 is 34.8 Å². The number of aliphatic carboxylic acids is 1. The van der Waals surface area contributed by atoms with E-state index in [0.717, 1.165) is 19.2 Å². The van der Waals surface area contributed by atoms with Crippen molar-refractivity contribution >= 4 is 11.9 Å². The number of methoxy groups -OCH3 is 1. The summed E-state index contributed by atoms with van der Waals surface area (Å²) in [5, 5.41) is 37.2. The van der Waals surface area contributed by atoms with Crippen LogP contribution in [-0.4, -0.2) is 45.6 Å². The maximum absolute atomic E-state index is 11.3. The number of rotatable bonds is 5. The number of hydrogen-bond donors (Lipinski definition) is 4. The molecule has 0 fully saturated rings. The highest BCUT2D eigenvalue weighted by Gasteiger charge is 2.23. The van der Waals surface area contributed by atoms with Crippen molar-refractivity contribution in [2.24, 2.45) is 0 Å². The summed E-state index contributed by atoms with van der Waals surface area (Å²) in [6.07, 6.45) is -3.65. The van der Waals surface area contributed by atoms with Crippen molar-refractivity contribution in [1.29, 1.82) is 0 Å². The van der Waals surface area contributed by atoms with Crippen LogP contribution in [0.5, 0.6) is 5.75 Å². The Balaban J connectivity index is 3.01. The number of hydrogen-bond acceptors (Lipinski definition) is 6. The van der Waals surface area contributed by atoms with Crippen LogP contribution in [0, 0.1) is 0 Å². The van der Waals surface area contributed by atoms with E-state index in [1.165, 1.54) is 6.07 Å². The number of phenolic OH excluding ortho intramolecular Hbond substituents is 1. The second kappa shape index (κ2) is 6.17. The first-order valence-corrected chi connectivity index (χ1v) is 5.36. The lowest BCUT2D eigenvalue weighted by atomic mass is 9.99. The monoisotopic (exact) mass is 270 g/mol. The number of carboxylic acids is 1. The van der Waals surface area contributed by atoms with Crippen LogP contribution in [0.25, 0.3) is 0 Å². The standard InChI is InChI=1S/C12H14O7/c1-19-12(18)7-4-6(2-3-8(7)13)11(17)9(14)5-10(15)16/h2-4,9,11,13-14,17H,5H2,1H3,(H,15,16). The minimum atomic E-state index is -1.52. The molecule has 1 aromatic carbocycles. The molecule has 0 radical (unpaired) electrons. The molecule has 2 atom stereocenters. The van der Waals surface area contributed by atoms with Crippen LogP contribution in [-0.2, 0) is 9.53 Å². The highest BCUT2D eigenvalue weighted by molar-refractivity contribution is 5.92. The first kappa shape index (κ1) is 14.9. The third-order valence-corrected chi connectivity index (χ3v) is 2.52. The van der Waals surface area contributed by atoms with E-state index >= 15 is 0 Å². The van der Waals surface area contributed by atoms with E-state index in [-0.39, 0.29) is 16.9 Å². The zero-order valence-corrected chi connectivity index (χ0v) is 10.1. The van der Waals surface area contributed by atoms with Crippen LogP contribution in [0.4, 0.5) is 0 Å². The van der Waals surface area contributed by atoms with Gasteiger partial charge >= 0.3 is 11.9 Å². The summed E-state index contributed by atoms with van der Waals surface area (Å²) in [6, 6.07) is 3.56. The minimum Gasteiger partial charge on any atom is -0.507 e. The number of aliphatic hydroxyl groups excluding tert-OH is 2. The van der Waals surface area contributed by atoms with Gasteiger partial charge in [0.05, 0.1) is 19.6 Å². The van der Waals surface area contributed by atoms with E-state index in [4.69, 9.17) is 5.11 Å². The number of phenols is 1. The van der Waals surface area contributed by atoms with Gasteiger partial charge in [-0.1, -0.05) is 6.07 Å². The fraction of sp³-hybridized carbons (Fsp3) is 0.333. The van der Waals surface area contributed by atoms with Crippen molar-refractivity contribution in [2.45, 2.75) is 18.6 Å². The van der Waals surface area contributed by atoms with E-state index in [9.17, 15) is 24.9 Å². The Hall–Kier alpha value is -2.12. The van der Waals surface area contributed by atoms with E-state index < -0.39 is 30.6 Å². The van der Waals surface area contributed by atoms with Gasteiger partial charge in [-0.3, -0.25) is 4.79 Å². The van der Waals surface area contributed by atoms with Gasteiger partial charge in [-0.2, -0.15) is 0 Å². The van der Waals surface area contributed by atoms with Crippen molar-refractivity contribution in [1.82, 2.24) is 0 Å². The van der Waals surface area contributed by atoms with Gasteiger partial charge in [0.2, 0.25) is 0 Å². The smallest absolute Gasteiger partial charge is 0.341 e. The molecule has 4 N–H and O–H groups in total. The van der Waals surface area contributed by atoms with Crippen molar-refractivity contribution in [3.63, 3.8) is 0 Å². The Morgan fingerprint density at radius 2 is 1.95 bits per heavy atom. The van der Waals surface area contributed by atoms with Gasteiger partial charge in [-0.25, -0.2) is 4.79 Å². The van der Waals surface area contributed by atoms with Crippen molar-refractivity contribution in [3.8, 4) is 5.75 Å². The summed E-state index contributed by atoms with van der Waals surface area (Å²) in [7, 11) is 1.13. The molecule has 0 aromatic heterocycles. The van der Waals surface area contributed by atoms with Crippen molar-refractivity contribution in [3.05, 3.63) is 29.3 Å². The Morgan fingerprint density at radius 1 is 1.32 bits per heavy atom. The Kier molecular flexibility index (Phi) is 4.85. The molecule has 19 heavy (non-hydrogen) atoms. The van der Waals surface area contributed by atoms with E-state index in [0.29, 0.717) is 0 Å². The first-order chi connectivity index (χ1) is 8.86. The zero-order valence-electron chi connectivity index (χ0n) is 10.1. The molecule has 2 unspecified atom stereocenters. The summed E-state index contributed by atoms with van der Waals surface area (Å²) in [5.41, 5.74) is -0.0754. The van der Waals surface area contributed by atoms with Gasteiger partial charge in [0.15, 0.2) is 0 Å². The van der Waals surface area contributed by atoms with Crippen LogP contribution in [0.1, 0.15) is 28.4 Å². The molecule has 7 nitrogen and oxygen atoms in total. The summed E-state index contributed by atoms with van der Waals surface area (Å²) >= 11 is 0. The third-order valence-electron chi connectivity index (χ3n) is 2.52. The lowest BCUT2D eigenvalue weighted by molar-refractivity contribution is -0.141. The molecule has 0 aliphatic heterocycles. The molecule has 1 aromatic rings. The van der Waals surface area contributed by atoms with Gasteiger partial charge in [0.25, 0.3) is 0 Å². The molecule has 0 saturated heterocycles. The predicted octanol–water partition coefficient (Wildman–Crippen LogP) is 0.0478. The molecule has 0 aliphatic carbocycles. The Morgan fingerprint density at radius 3 is 2.47 bits per heavy atom. The molecular formula is C12H14O7. The average Bonchev–Trinajstić information content (AvgIpc) is 2.36. The van der Waals surface area contributed by atoms with Gasteiger partial charge in [0, 0.05) is 0 Å².